The van der Waals surface area contributed by atoms with E-state index in [9.17, 15) is 131 Å². The summed E-state index contributed by atoms with van der Waals surface area (Å²) >= 11 is 0. The zero-order valence-electron chi connectivity index (χ0n) is 68.2. The molecule has 2 aliphatic heterocycles. The number of amides is 20. The summed E-state index contributed by atoms with van der Waals surface area (Å²) in [5.41, 5.74) is 21.6. The van der Waals surface area contributed by atoms with Gasteiger partial charge in [0.2, 0.25) is 118 Å². The Bertz CT molecular complexity index is 3640. The number of carbonyl (C=O) groups is 21. The van der Waals surface area contributed by atoms with Crippen molar-refractivity contribution in [3.8, 4) is 0 Å². The van der Waals surface area contributed by atoms with Crippen molar-refractivity contribution in [1.82, 2.24) is 95.7 Å². The van der Waals surface area contributed by atoms with Gasteiger partial charge in [0.15, 0.2) is 12.6 Å². The highest BCUT2D eigenvalue weighted by molar-refractivity contribution is 5.97. The molecule has 0 radical (unpaired) electrons. The Kier molecular flexibility index (Phi) is 48.3. The van der Waals surface area contributed by atoms with Gasteiger partial charge in [-0.2, -0.15) is 0 Å². The molecule has 53 nitrogen and oxygen atoms in total. The molecule has 53 heteroatoms. The van der Waals surface area contributed by atoms with E-state index < -0.39 is 318 Å². The van der Waals surface area contributed by atoms with Gasteiger partial charge in [-0.05, 0) is 86.0 Å². The molecule has 0 saturated carbocycles. The number of ether oxygens (including phenoxy) is 4. The third-order valence-corrected chi connectivity index (χ3v) is 17.8. The monoisotopic (exact) mass is 1750 g/mol. The Labute approximate surface area is 697 Å². The molecule has 19 atom stereocenters. The predicted molar refractivity (Wildman–Crippen MR) is 413 cm³/mol. The van der Waals surface area contributed by atoms with Crippen LogP contribution in [0.1, 0.15) is 113 Å². The van der Waals surface area contributed by atoms with E-state index in [4.69, 9.17) is 41.9 Å². The molecule has 0 aromatic heterocycles. The Balaban J connectivity index is 1.89. The van der Waals surface area contributed by atoms with Gasteiger partial charge in [0, 0.05) is 39.8 Å². The number of hydrogen-bond donors (Lipinski definition) is 28. The zero-order valence-corrected chi connectivity index (χ0v) is 68.2. The average molecular weight is 1750 g/mol. The summed E-state index contributed by atoms with van der Waals surface area (Å²) in [7, 11) is 0. The number of hydrogen-bond acceptors (Lipinski definition) is 32. The summed E-state index contributed by atoms with van der Waals surface area (Å²) in [5, 5.41) is 104. The molecule has 32 N–H and O–H groups in total. The molecule has 20 amide bonds. The van der Waals surface area contributed by atoms with Gasteiger partial charge in [-0.3, -0.25) is 101 Å². The molecule has 122 heavy (non-hydrogen) atoms. The van der Waals surface area contributed by atoms with Crippen LogP contribution in [0.4, 0.5) is 0 Å². The first-order chi connectivity index (χ1) is 57.3. The lowest BCUT2D eigenvalue weighted by Crippen LogP contribution is -2.70. The highest BCUT2D eigenvalue weighted by Crippen LogP contribution is 2.31. The first kappa shape index (κ1) is 107. The summed E-state index contributed by atoms with van der Waals surface area (Å²) < 4.78 is 23.3. The van der Waals surface area contributed by atoms with Crippen molar-refractivity contribution in [3.63, 3.8) is 0 Å². The number of carboxylic acid groups (broad SMARTS) is 1. The standard InChI is InChI=1S/C69H116N22O31/c1-30(71)61(110)90-37(59(72)108)14-16-43(96)88-39(12-8-10-18-74-46(99)21-77-48(101)23-76-45(98)20-70)65(114)84-31(2)62(111)82-27-52(105)81-26-51(104)80-25-50(103)79-24-49(102)78-22-47(100)75-19-11-9-13-40(66(115)85-33(4)67(116)117)89-44(97)17-15-38(60(73)109)91-63(112)32(3)83-64(113)34(5)119-58-54(87-36(7)95)68(118)120-42(29-93)57(58)122-69-53(86-35(6)94)56(107)55(106)41(28-92)121-69/h30-34,37-42,53-58,68-69,92-93,106-107,118H,8-29,70-71H2,1-7H3,(H2,72,108)(H2,73,109)(H,74,99)(H,75,100)(H,76,98)(H,77,101)(H,78,102)(H,79,103)(H,80,104)(H,81,105)(H,82,111)(H,83,113)(H,84,114)(H,85,115)(H,86,94)(H,87,95)(H,88,96)(H,89,97)(H,90,110)(H,91,112)(H,116,117). The average Bonchev–Trinajstić information content (AvgIpc) is 0.772. The summed E-state index contributed by atoms with van der Waals surface area (Å²) in [5.74, 6) is -18.4. The zero-order chi connectivity index (χ0) is 92.2. The van der Waals surface area contributed by atoms with E-state index in [1.165, 1.54) is 20.8 Å². The molecule has 2 fully saturated rings. The normalized spacial score (nSPS) is 20.6. The van der Waals surface area contributed by atoms with E-state index >= 15 is 0 Å². The van der Waals surface area contributed by atoms with E-state index in [-0.39, 0.29) is 64.6 Å². The molecule has 0 spiro atoms. The first-order valence-corrected chi connectivity index (χ1v) is 38.5. The predicted octanol–water partition coefficient (Wildman–Crippen LogP) is -16.9. The maximum Gasteiger partial charge on any atom is 0.325 e. The molecular formula is C69H116N22O31. The Morgan fingerprint density at radius 3 is 1.18 bits per heavy atom. The molecule has 0 aromatic rings. The fourth-order valence-electron chi connectivity index (χ4n) is 11.1. The van der Waals surface area contributed by atoms with Crippen molar-refractivity contribution in [2.75, 3.05) is 78.7 Å². The number of rotatable bonds is 55. The van der Waals surface area contributed by atoms with Crippen LogP contribution in [0.25, 0.3) is 0 Å². The van der Waals surface area contributed by atoms with Crippen LogP contribution in [0.2, 0.25) is 0 Å². The molecule has 19 unspecified atom stereocenters. The number of nitrogens with two attached hydrogens (primary N) is 4. The third-order valence-electron chi connectivity index (χ3n) is 17.8. The molecule has 2 aliphatic rings. The lowest BCUT2D eigenvalue weighted by atomic mass is 9.94. The van der Waals surface area contributed by atoms with Crippen molar-refractivity contribution in [2.24, 2.45) is 22.9 Å². The minimum atomic E-state index is -1.94. The highest BCUT2D eigenvalue weighted by atomic mass is 16.7. The lowest BCUT2D eigenvalue weighted by Gasteiger charge is -2.48. The third kappa shape index (κ3) is 40.7. The maximum absolute atomic E-state index is 13.7. The number of carboxylic acids is 1. The second kappa shape index (κ2) is 55.4. The minimum absolute atomic E-state index is 0.0437. The van der Waals surface area contributed by atoms with Crippen LogP contribution >= 0.6 is 0 Å². The molecule has 0 aliphatic carbocycles. The van der Waals surface area contributed by atoms with E-state index in [1.807, 2.05) is 0 Å². The van der Waals surface area contributed by atoms with Gasteiger partial charge in [-0.25, -0.2) is 0 Å². The van der Waals surface area contributed by atoms with Crippen molar-refractivity contribution in [3.05, 3.63) is 0 Å². The SMILES string of the molecule is CC(=O)NC1C(OC2C(CO)OC(O)C(NC(C)=O)C2OC(C)C(=O)NC(C)C(=O)NC(CCC(=O)NC(CCCCNC(=O)CNC(=O)CNC(=O)CNC(=O)CNC(=O)CNC(=O)C(C)NC(=O)C(CCCCNC(=O)CNC(=O)CNC(=O)CN)NC(=O)CCC(NC(=O)C(C)N)C(N)=O)C(=O)NC(C)C(=O)O)C(N)=O)OC(CO)C(O)C1O. The summed E-state index contributed by atoms with van der Waals surface area (Å²) in [6, 6.07) is -14.1. The van der Waals surface area contributed by atoms with Gasteiger partial charge in [0.25, 0.3) is 0 Å². The van der Waals surface area contributed by atoms with Crippen LogP contribution in [0.15, 0.2) is 0 Å². The molecule has 0 aromatic carbocycles. The largest absolute Gasteiger partial charge is 0.480 e. The van der Waals surface area contributed by atoms with Crippen LogP contribution in [-0.4, -0.2) is 349 Å². The number of unbranched alkanes of at least 4 members (excludes halogenated alkanes) is 2. The van der Waals surface area contributed by atoms with Crippen molar-refractivity contribution < 1.29 is 150 Å². The quantitative estimate of drug-likeness (QED) is 0.0251. The number of primary amides is 2. The van der Waals surface area contributed by atoms with Crippen LogP contribution in [0, 0.1) is 0 Å². The van der Waals surface area contributed by atoms with Crippen molar-refractivity contribution in [2.45, 2.75) is 228 Å². The Morgan fingerprint density at radius 2 is 0.779 bits per heavy atom. The number of nitrogens with one attached hydrogen (secondary N) is 18. The van der Waals surface area contributed by atoms with Crippen LogP contribution in [0.3, 0.4) is 0 Å². The fourth-order valence-corrected chi connectivity index (χ4v) is 11.1. The van der Waals surface area contributed by atoms with Crippen LogP contribution in [-0.2, 0) is 120 Å². The topological polar surface area (TPSA) is 837 Å². The number of carbonyl (C=O) groups excluding carboxylic acids is 20. The lowest BCUT2D eigenvalue weighted by molar-refractivity contribution is -0.333. The maximum atomic E-state index is 13.7. The second-order valence-corrected chi connectivity index (χ2v) is 28.1. The fraction of sp³-hybridized carbons (Fsp3) is 0.696. The number of aliphatic carboxylic acids is 1. The molecular weight excluding hydrogens is 1630 g/mol. The van der Waals surface area contributed by atoms with Gasteiger partial charge in [-0.1, -0.05) is 0 Å². The van der Waals surface area contributed by atoms with Crippen LogP contribution in [0.5, 0.6) is 0 Å². The smallest absolute Gasteiger partial charge is 0.325 e. The Morgan fingerprint density at radius 1 is 0.393 bits per heavy atom. The summed E-state index contributed by atoms with van der Waals surface area (Å²) in [6.07, 6.45) is -16.7. The van der Waals surface area contributed by atoms with Gasteiger partial charge in [-0.15, -0.1) is 0 Å². The summed E-state index contributed by atoms with van der Waals surface area (Å²) in [6.45, 7) is 1.75. The van der Waals surface area contributed by atoms with E-state index in [2.05, 4.69) is 95.7 Å². The Hall–Kier alpha value is -11.6. The van der Waals surface area contributed by atoms with Crippen molar-refractivity contribution >= 4 is 124 Å². The number of aliphatic hydroxyl groups is 5. The van der Waals surface area contributed by atoms with Crippen molar-refractivity contribution in [1.29, 1.82) is 0 Å². The minimum Gasteiger partial charge on any atom is -0.480 e. The van der Waals surface area contributed by atoms with Gasteiger partial charge >= 0.3 is 5.97 Å². The molecule has 688 valence electrons. The van der Waals surface area contributed by atoms with E-state index in [1.54, 1.807) is 0 Å². The number of aliphatic hydroxyl groups excluding tert-OH is 5. The van der Waals surface area contributed by atoms with Gasteiger partial charge < -0.3 is 168 Å². The molecule has 2 saturated heterocycles. The second-order valence-electron chi connectivity index (χ2n) is 28.1. The van der Waals surface area contributed by atoms with E-state index in [0.717, 1.165) is 27.7 Å². The summed E-state index contributed by atoms with van der Waals surface area (Å²) in [4.78, 5) is 264. The first-order valence-electron chi connectivity index (χ1n) is 38.5. The van der Waals surface area contributed by atoms with E-state index in [0.29, 0.717) is 0 Å². The van der Waals surface area contributed by atoms with Gasteiger partial charge in [0.1, 0.15) is 97.1 Å². The highest BCUT2D eigenvalue weighted by Gasteiger charge is 2.53. The van der Waals surface area contributed by atoms with Gasteiger partial charge in [0.05, 0.1) is 71.6 Å². The molecule has 2 rings (SSSR count). The van der Waals surface area contributed by atoms with Crippen LogP contribution < -0.4 is 119 Å². The molecule has 2 heterocycles. The molecule has 0 bridgehead atoms.